The number of ether oxygens (including phenoxy) is 1. The Morgan fingerprint density at radius 2 is 2.03 bits per heavy atom. The first-order valence-electron chi connectivity index (χ1n) is 8.61. The Bertz CT molecular complexity index is 1080. The van der Waals surface area contributed by atoms with Crippen LogP contribution in [-0.4, -0.2) is 30.2 Å². The van der Waals surface area contributed by atoms with Crippen LogP contribution < -0.4 is 4.90 Å². The fourth-order valence-electron chi connectivity index (χ4n) is 2.44. The van der Waals surface area contributed by atoms with E-state index in [-0.39, 0.29) is 18.1 Å². The van der Waals surface area contributed by atoms with Gasteiger partial charge in [-0.3, -0.25) is 0 Å². The highest BCUT2D eigenvalue weighted by molar-refractivity contribution is 6.30. The molecule has 1 aromatic heterocycles. The minimum atomic E-state index is -0.772. The van der Waals surface area contributed by atoms with Gasteiger partial charge in [-0.25, -0.2) is 4.79 Å². The third-order valence-electron chi connectivity index (χ3n) is 3.94. The summed E-state index contributed by atoms with van der Waals surface area (Å²) in [5, 5.41) is 13.7. The summed E-state index contributed by atoms with van der Waals surface area (Å²) in [5.41, 5.74) is 2.27. The topological polar surface area (TPSA) is 92.2 Å². The highest BCUT2D eigenvalue weighted by Crippen LogP contribution is 2.20. The van der Waals surface area contributed by atoms with Crippen LogP contribution in [0.3, 0.4) is 0 Å². The summed E-state index contributed by atoms with van der Waals surface area (Å²) in [4.78, 5) is 18.3. The maximum Gasteiger partial charge on any atom is 0.349 e. The lowest BCUT2D eigenvalue weighted by Gasteiger charge is -2.11. The fraction of sp³-hybridized carbons (Fsp3) is 0.143. The van der Waals surface area contributed by atoms with Gasteiger partial charge in [0, 0.05) is 30.4 Å². The molecule has 0 aliphatic carbocycles. The molecule has 0 unspecified atom stereocenters. The molecule has 2 aromatic carbocycles. The number of benzene rings is 2. The molecule has 0 saturated heterocycles. The lowest BCUT2D eigenvalue weighted by atomic mass is 10.1. The smallest absolute Gasteiger partial charge is 0.349 e. The highest BCUT2D eigenvalue weighted by Gasteiger charge is 2.15. The van der Waals surface area contributed by atoms with Crippen molar-refractivity contribution in [1.29, 1.82) is 5.26 Å². The maximum atomic E-state index is 12.2. The standard InChI is InChI=1S/C21H17ClN4O3/c1-26(2)18-8-6-14(7-9-18)10-16(12-23)21(27)28-13-19-24-20(25-29-19)15-4-3-5-17(22)11-15/h3-11H,13H2,1-2H3/b16-10+. The molecule has 3 aromatic rings. The van der Waals surface area contributed by atoms with Gasteiger partial charge in [0.1, 0.15) is 11.6 Å². The zero-order valence-corrected chi connectivity index (χ0v) is 16.6. The van der Waals surface area contributed by atoms with E-state index in [4.69, 9.17) is 20.9 Å². The van der Waals surface area contributed by atoms with Crippen molar-refractivity contribution in [2.45, 2.75) is 6.61 Å². The predicted molar refractivity (Wildman–Crippen MR) is 109 cm³/mol. The van der Waals surface area contributed by atoms with E-state index < -0.39 is 5.97 Å². The van der Waals surface area contributed by atoms with Crippen molar-refractivity contribution in [3.8, 4) is 17.5 Å². The van der Waals surface area contributed by atoms with Crippen LogP contribution in [0.2, 0.25) is 5.02 Å². The molecule has 0 bridgehead atoms. The van der Waals surface area contributed by atoms with E-state index in [9.17, 15) is 10.1 Å². The van der Waals surface area contributed by atoms with Gasteiger partial charge < -0.3 is 14.2 Å². The second-order valence-electron chi connectivity index (χ2n) is 6.25. The number of halogens is 1. The van der Waals surface area contributed by atoms with Crippen molar-refractivity contribution in [3.05, 3.63) is 70.6 Å². The van der Waals surface area contributed by atoms with E-state index in [1.165, 1.54) is 6.08 Å². The van der Waals surface area contributed by atoms with Crippen LogP contribution in [0.5, 0.6) is 0 Å². The predicted octanol–water partition coefficient (Wildman–Crippen LogP) is 4.11. The highest BCUT2D eigenvalue weighted by atomic mass is 35.5. The van der Waals surface area contributed by atoms with Crippen molar-refractivity contribution in [2.75, 3.05) is 19.0 Å². The van der Waals surface area contributed by atoms with Gasteiger partial charge in [0.15, 0.2) is 6.61 Å². The lowest BCUT2D eigenvalue weighted by molar-refractivity contribution is -0.140. The molecule has 0 saturated carbocycles. The van der Waals surface area contributed by atoms with E-state index in [2.05, 4.69) is 10.1 Å². The Morgan fingerprint density at radius 1 is 1.28 bits per heavy atom. The molecular weight excluding hydrogens is 392 g/mol. The van der Waals surface area contributed by atoms with Crippen LogP contribution in [-0.2, 0) is 16.1 Å². The number of carbonyl (C=O) groups excluding carboxylic acids is 1. The Balaban J connectivity index is 1.65. The zero-order valence-electron chi connectivity index (χ0n) is 15.8. The van der Waals surface area contributed by atoms with Crippen molar-refractivity contribution in [2.24, 2.45) is 0 Å². The minimum absolute atomic E-state index is 0.112. The van der Waals surface area contributed by atoms with Gasteiger partial charge in [0.2, 0.25) is 5.82 Å². The van der Waals surface area contributed by atoms with E-state index in [0.29, 0.717) is 22.0 Å². The summed E-state index contributed by atoms with van der Waals surface area (Å²) in [7, 11) is 3.86. The van der Waals surface area contributed by atoms with Gasteiger partial charge in [-0.05, 0) is 35.9 Å². The molecule has 8 heteroatoms. The molecule has 29 heavy (non-hydrogen) atoms. The molecule has 7 nitrogen and oxygen atoms in total. The Morgan fingerprint density at radius 3 is 2.69 bits per heavy atom. The molecule has 1 heterocycles. The average molecular weight is 409 g/mol. The Hall–Kier alpha value is -3.63. The maximum absolute atomic E-state index is 12.2. The summed E-state index contributed by atoms with van der Waals surface area (Å²) in [5.74, 6) is -0.330. The molecule has 0 radical (unpaired) electrons. The number of carbonyl (C=O) groups is 1. The number of rotatable bonds is 6. The van der Waals surface area contributed by atoms with Crippen LogP contribution >= 0.6 is 11.6 Å². The zero-order chi connectivity index (χ0) is 20.8. The van der Waals surface area contributed by atoms with Crippen LogP contribution in [0.25, 0.3) is 17.5 Å². The third kappa shape index (κ3) is 5.21. The van der Waals surface area contributed by atoms with E-state index >= 15 is 0 Å². The van der Waals surface area contributed by atoms with Crippen LogP contribution in [0, 0.1) is 11.3 Å². The third-order valence-corrected chi connectivity index (χ3v) is 4.17. The van der Waals surface area contributed by atoms with Gasteiger partial charge in [0.05, 0.1) is 0 Å². The van der Waals surface area contributed by atoms with Crippen LogP contribution in [0.4, 0.5) is 5.69 Å². The molecule has 0 N–H and O–H groups in total. The number of anilines is 1. The minimum Gasteiger partial charge on any atom is -0.451 e. The molecule has 3 rings (SSSR count). The van der Waals surface area contributed by atoms with Gasteiger partial charge in [-0.15, -0.1) is 0 Å². The quantitative estimate of drug-likeness (QED) is 0.344. The summed E-state index contributed by atoms with van der Waals surface area (Å²) < 4.78 is 10.2. The summed E-state index contributed by atoms with van der Waals surface area (Å²) in [6, 6.07) is 16.2. The first-order chi connectivity index (χ1) is 14.0. The summed E-state index contributed by atoms with van der Waals surface area (Å²) in [6.07, 6.45) is 1.47. The van der Waals surface area contributed by atoms with E-state index in [0.717, 1.165) is 5.69 Å². The molecule has 0 atom stereocenters. The van der Waals surface area contributed by atoms with Gasteiger partial charge in [-0.2, -0.15) is 10.2 Å². The Labute approximate surface area is 172 Å². The lowest BCUT2D eigenvalue weighted by Crippen LogP contribution is -2.08. The number of hydrogen-bond donors (Lipinski definition) is 0. The van der Waals surface area contributed by atoms with Crippen LogP contribution in [0.15, 0.2) is 58.6 Å². The first-order valence-corrected chi connectivity index (χ1v) is 8.99. The van der Waals surface area contributed by atoms with E-state index in [1.807, 2.05) is 49.3 Å². The number of hydrogen-bond acceptors (Lipinski definition) is 7. The molecular formula is C21H17ClN4O3. The van der Waals surface area contributed by atoms with E-state index in [1.54, 1.807) is 24.3 Å². The number of nitriles is 1. The normalized spacial score (nSPS) is 11.0. The SMILES string of the molecule is CN(C)c1ccc(/C=C(\C#N)C(=O)OCc2nc(-c3cccc(Cl)c3)no2)cc1. The van der Waals surface area contributed by atoms with Crippen LogP contribution in [0.1, 0.15) is 11.5 Å². The molecule has 146 valence electrons. The average Bonchev–Trinajstić information content (AvgIpc) is 3.19. The fourth-order valence-corrected chi connectivity index (χ4v) is 2.63. The monoisotopic (exact) mass is 408 g/mol. The van der Waals surface area contributed by atoms with Gasteiger partial charge >= 0.3 is 5.97 Å². The number of esters is 1. The number of aromatic nitrogens is 2. The summed E-state index contributed by atoms with van der Waals surface area (Å²) in [6.45, 7) is -0.245. The van der Waals surface area contributed by atoms with Crippen molar-refractivity contribution in [3.63, 3.8) is 0 Å². The molecule has 0 fully saturated rings. The van der Waals surface area contributed by atoms with Crippen molar-refractivity contribution in [1.82, 2.24) is 10.1 Å². The number of nitrogens with zero attached hydrogens (tertiary/aromatic N) is 4. The van der Waals surface area contributed by atoms with Crippen molar-refractivity contribution >= 4 is 29.3 Å². The van der Waals surface area contributed by atoms with Crippen molar-refractivity contribution < 1.29 is 14.1 Å². The van der Waals surface area contributed by atoms with Gasteiger partial charge in [-0.1, -0.05) is 41.0 Å². The summed E-state index contributed by atoms with van der Waals surface area (Å²) >= 11 is 5.95. The largest absolute Gasteiger partial charge is 0.451 e. The second-order valence-corrected chi connectivity index (χ2v) is 6.69. The second kappa shape index (κ2) is 9.04. The molecule has 0 aliphatic heterocycles. The Kier molecular flexibility index (Phi) is 6.27. The molecule has 0 aliphatic rings. The molecule has 0 amide bonds. The first kappa shape index (κ1) is 20.1. The molecule has 0 spiro atoms. The van der Waals surface area contributed by atoms with Gasteiger partial charge in [0.25, 0.3) is 5.89 Å².